The van der Waals surface area contributed by atoms with E-state index >= 15 is 4.39 Å². The highest BCUT2D eigenvalue weighted by atomic mass is 35.5. The van der Waals surface area contributed by atoms with Gasteiger partial charge in [0.1, 0.15) is 23.6 Å². The van der Waals surface area contributed by atoms with Gasteiger partial charge in [-0.2, -0.15) is 9.97 Å². The summed E-state index contributed by atoms with van der Waals surface area (Å²) in [7, 11) is 5.17. The number of hydrogen-bond donors (Lipinski definition) is 0. The number of halogens is 2. The van der Waals surface area contributed by atoms with Gasteiger partial charge < -0.3 is 24.2 Å². The first-order valence-corrected chi connectivity index (χ1v) is 15.3. The summed E-state index contributed by atoms with van der Waals surface area (Å²) in [6, 6.07) is 11.3. The van der Waals surface area contributed by atoms with E-state index in [1.54, 1.807) is 23.2 Å². The Bertz CT molecular complexity index is 1800. The third-order valence-corrected chi connectivity index (χ3v) is 9.06. The molecule has 2 aromatic carbocycles. The molecule has 0 aliphatic carbocycles. The van der Waals surface area contributed by atoms with Gasteiger partial charge >= 0.3 is 12.0 Å². The molecule has 2 aromatic heterocycles. The van der Waals surface area contributed by atoms with Crippen molar-refractivity contribution in [3.8, 4) is 17.3 Å². The molecule has 2 aliphatic rings. The molecule has 2 fully saturated rings. The summed E-state index contributed by atoms with van der Waals surface area (Å²) in [5.74, 6) is -1.04. The quantitative estimate of drug-likeness (QED) is 0.199. The van der Waals surface area contributed by atoms with E-state index in [2.05, 4.69) is 26.7 Å². The Morgan fingerprint density at radius 2 is 1.93 bits per heavy atom. The molecule has 2 aliphatic heterocycles. The number of likely N-dealkylation sites (tertiary alicyclic amines) is 2. The lowest BCUT2D eigenvalue weighted by atomic mass is 10.0. The molecule has 0 saturated carbocycles. The average Bonchev–Trinajstić information content (AvgIpc) is 3.71. The van der Waals surface area contributed by atoms with Crippen molar-refractivity contribution >= 4 is 51.0 Å². The molecule has 45 heavy (non-hydrogen) atoms. The molecule has 4 aromatic rings. The van der Waals surface area contributed by atoms with Gasteiger partial charge in [-0.3, -0.25) is 9.78 Å². The molecular formula is C33H34ClFN6O4. The maximum Gasteiger partial charge on any atom is 0.330 e. The zero-order valence-corrected chi connectivity index (χ0v) is 26.1. The number of carbonyl (C=O) groups excluding carboxylic acids is 2. The van der Waals surface area contributed by atoms with Crippen molar-refractivity contribution in [3.05, 3.63) is 65.6 Å². The Hall–Kier alpha value is -4.35. The van der Waals surface area contributed by atoms with Crippen LogP contribution in [0.25, 0.3) is 32.9 Å². The van der Waals surface area contributed by atoms with Gasteiger partial charge in [0.2, 0.25) is 5.91 Å². The average molecular weight is 633 g/mol. The van der Waals surface area contributed by atoms with E-state index < -0.39 is 11.8 Å². The van der Waals surface area contributed by atoms with Crippen LogP contribution < -0.4 is 9.64 Å². The van der Waals surface area contributed by atoms with E-state index in [0.717, 1.165) is 30.8 Å². The highest BCUT2D eigenvalue weighted by molar-refractivity contribution is 6.36. The molecule has 10 nitrogen and oxygen atoms in total. The second-order valence-corrected chi connectivity index (χ2v) is 11.8. The lowest BCUT2D eigenvalue weighted by Crippen LogP contribution is -2.37. The van der Waals surface area contributed by atoms with Crippen molar-refractivity contribution in [2.75, 3.05) is 52.3 Å². The van der Waals surface area contributed by atoms with Gasteiger partial charge in [-0.15, -0.1) is 0 Å². The van der Waals surface area contributed by atoms with Gasteiger partial charge in [0.05, 0.1) is 12.5 Å². The van der Waals surface area contributed by atoms with Crippen molar-refractivity contribution in [1.29, 1.82) is 0 Å². The number of anilines is 1. The zero-order chi connectivity index (χ0) is 31.7. The topological polar surface area (TPSA) is 101 Å². The minimum Gasteiger partial charge on any atom is -0.466 e. The van der Waals surface area contributed by atoms with Gasteiger partial charge in [-0.05, 0) is 44.3 Å². The SMILES string of the molecule is COC(=O)/C=C/C(=O)N1CCC(N(C)c2nc(OC[C@@H]3CCCN3C)nc3c(F)c(-c4cccc5cccc(Cl)c45)ncc23)C1. The third-order valence-electron chi connectivity index (χ3n) is 8.75. The number of ether oxygens (including phenoxy) is 2. The number of rotatable bonds is 8. The molecule has 0 bridgehead atoms. The first-order valence-electron chi connectivity index (χ1n) is 14.9. The molecule has 0 N–H and O–H groups in total. The predicted octanol–water partition coefficient (Wildman–Crippen LogP) is 4.88. The van der Waals surface area contributed by atoms with E-state index in [0.29, 0.717) is 53.3 Å². The summed E-state index contributed by atoms with van der Waals surface area (Å²) in [6.07, 6.45) is 6.63. The number of carbonyl (C=O) groups is 2. The van der Waals surface area contributed by atoms with E-state index in [1.807, 2.05) is 36.2 Å². The van der Waals surface area contributed by atoms with E-state index in [1.165, 1.54) is 13.2 Å². The van der Waals surface area contributed by atoms with Crippen molar-refractivity contribution in [1.82, 2.24) is 24.8 Å². The number of nitrogens with zero attached hydrogens (tertiary/aromatic N) is 6. The Kier molecular flexibility index (Phi) is 8.82. The molecule has 2 atom stereocenters. The number of likely N-dealkylation sites (N-methyl/N-ethyl adjacent to an activating group) is 2. The highest BCUT2D eigenvalue weighted by Crippen LogP contribution is 2.37. The maximum absolute atomic E-state index is 16.6. The van der Waals surface area contributed by atoms with Gasteiger partial charge in [0.25, 0.3) is 0 Å². The van der Waals surface area contributed by atoms with Crippen molar-refractivity contribution in [2.24, 2.45) is 0 Å². The first-order chi connectivity index (χ1) is 21.7. The molecular weight excluding hydrogens is 599 g/mol. The summed E-state index contributed by atoms with van der Waals surface area (Å²) in [4.78, 5) is 43.9. The summed E-state index contributed by atoms with van der Waals surface area (Å²) in [6.45, 7) is 2.24. The van der Waals surface area contributed by atoms with E-state index in [-0.39, 0.29) is 35.2 Å². The maximum atomic E-state index is 16.6. The van der Waals surface area contributed by atoms with Gasteiger partial charge in [0.15, 0.2) is 5.82 Å². The minimum absolute atomic E-state index is 0.0728. The van der Waals surface area contributed by atoms with Gasteiger partial charge in [-0.1, -0.05) is 41.9 Å². The highest BCUT2D eigenvalue weighted by Gasteiger charge is 2.31. The lowest BCUT2D eigenvalue weighted by Gasteiger charge is -2.27. The first kappa shape index (κ1) is 30.7. The number of methoxy groups -OCH3 is 1. The Balaban J connectivity index is 1.38. The van der Waals surface area contributed by atoms with Crippen LogP contribution in [-0.2, 0) is 14.3 Å². The molecule has 1 amide bonds. The second-order valence-electron chi connectivity index (χ2n) is 11.4. The summed E-state index contributed by atoms with van der Waals surface area (Å²) in [5, 5.41) is 2.50. The summed E-state index contributed by atoms with van der Waals surface area (Å²) in [5.41, 5.74) is 0.777. The molecule has 0 spiro atoms. The van der Waals surface area contributed by atoms with E-state index in [4.69, 9.17) is 21.3 Å². The number of fused-ring (bicyclic) bond motifs is 2. The number of pyridine rings is 1. The fraction of sp³-hybridized carbons (Fsp3) is 0.364. The lowest BCUT2D eigenvalue weighted by molar-refractivity contribution is -0.135. The van der Waals surface area contributed by atoms with Gasteiger partial charge in [0, 0.05) is 66.5 Å². The smallest absolute Gasteiger partial charge is 0.330 e. The largest absolute Gasteiger partial charge is 0.466 e. The van der Waals surface area contributed by atoms with Crippen LogP contribution >= 0.6 is 11.6 Å². The van der Waals surface area contributed by atoms with Crippen LogP contribution in [0.3, 0.4) is 0 Å². The van der Waals surface area contributed by atoms with Crippen LogP contribution in [0.15, 0.2) is 54.7 Å². The van der Waals surface area contributed by atoms with Crippen molar-refractivity contribution in [2.45, 2.75) is 31.3 Å². The Labute approximate surface area is 265 Å². The molecule has 4 heterocycles. The summed E-state index contributed by atoms with van der Waals surface area (Å²) >= 11 is 6.58. The molecule has 12 heteroatoms. The van der Waals surface area contributed by atoms with Crippen LogP contribution in [0.1, 0.15) is 19.3 Å². The molecule has 1 unspecified atom stereocenters. The van der Waals surface area contributed by atoms with Crippen LogP contribution in [0.4, 0.5) is 10.2 Å². The predicted molar refractivity (Wildman–Crippen MR) is 171 cm³/mol. The van der Waals surface area contributed by atoms with E-state index in [9.17, 15) is 9.59 Å². The number of amides is 1. The normalized spacial score (nSPS) is 18.7. The number of benzene rings is 2. The third kappa shape index (κ3) is 6.14. The van der Waals surface area contributed by atoms with Crippen LogP contribution in [0.5, 0.6) is 6.01 Å². The van der Waals surface area contributed by atoms with Crippen LogP contribution in [0.2, 0.25) is 5.02 Å². The monoisotopic (exact) mass is 632 g/mol. The number of hydrogen-bond acceptors (Lipinski definition) is 9. The van der Waals surface area contributed by atoms with Gasteiger partial charge in [-0.25, -0.2) is 9.18 Å². The fourth-order valence-corrected chi connectivity index (χ4v) is 6.42. The molecule has 234 valence electrons. The fourth-order valence-electron chi connectivity index (χ4n) is 6.14. The zero-order valence-electron chi connectivity index (χ0n) is 25.4. The number of aromatic nitrogens is 3. The van der Waals surface area contributed by atoms with Crippen LogP contribution in [-0.4, -0.2) is 96.2 Å². The van der Waals surface area contributed by atoms with Crippen LogP contribution in [0, 0.1) is 5.82 Å². The Morgan fingerprint density at radius 1 is 1.13 bits per heavy atom. The van der Waals surface area contributed by atoms with Crippen molar-refractivity contribution < 1.29 is 23.5 Å². The minimum atomic E-state index is -0.601. The summed E-state index contributed by atoms with van der Waals surface area (Å²) < 4.78 is 27.3. The molecule has 6 rings (SSSR count). The number of esters is 1. The van der Waals surface area contributed by atoms with Crippen molar-refractivity contribution in [3.63, 3.8) is 0 Å². The molecule has 2 saturated heterocycles. The molecule has 0 radical (unpaired) electrons. The Morgan fingerprint density at radius 3 is 2.69 bits per heavy atom. The second kappa shape index (κ2) is 12.9. The standard InChI is InChI=1S/C33H34ClFN6O4/c1-39-15-6-9-22(39)19-45-33-37-31-24(17-36-30(29(31)35)23-10-4-7-20-8-5-11-25(34)28(20)23)32(38-33)40(2)21-14-16-41(18-21)26(42)12-13-27(43)44-3/h4-5,7-8,10-13,17,21-22H,6,9,14-16,18-19H2,1-3H3/b13-12+/t21?,22-/m0/s1.